The fourth-order valence-electron chi connectivity index (χ4n) is 2.38. The topological polar surface area (TPSA) is 46.6 Å². The van der Waals surface area contributed by atoms with Crippen LogP contribution in [0.3, 0.4) is 0 Å². The molecule has 0 spiro atoms. The number of nitrogens with zero attached hydrogens (tertiary/aromatic N) is 1. The highest BCUT2D eigenvalue weighted by Crippen LogP contribution is 2.22. The van der Waals surface area contributed by atoms with Gasteiger partial charge < -0.3 is 4.74 Å². The minimum absolute atomic E-state index is 0.0358. The molecule has 7 heteroatoms. The molecule has 4 nitrogen and oxygen atoms in total. The van der Waals surface area contributed by atoms with Gasteiger partial charge in [0.2, 0.25) is 10.0 Å². The van der Waals surface area contributed by atoms with Crippen LogP contribution < -0.4 is 4.74 Å². The van der Waals surface area contributed by atoms with Gasteiger partial charge in [-0.3, -0.25) is 0 Å². The van der Waals surface area contributed by atoms with E-state index >= 15 is 0 Å². The van der Waals surface area contributed by atoms with E-state index in [1.807, 2.05) is 13.0 Å². The number of ether oxygens (including phenoxy) is 1. The van der Waals surface area contributed by atoms with E-state index in [0.717, 1.165) is 5.56 Å². The van der Waals surface area contributed by atoms with Crippen molar-refractivity contribution in [1.82, 2.24) is 4.31 Å². The van der Waals surface area contributed by atoms with Gasteiger partial charge in [-0.15, -0.1) is 0 Å². The second-order valence-corrected chi connectivity index (χ2v) is 7.57. The van der Waals surface area contributed by atoms with Crippen molar-refractivity contribution in [3.8, 4) is 5.75 Å². The first-order chi connectivity index (χ1) is 11.2. The molecule has 0 atom stereocenters. The van der Waals surface area contributed by atoms with Crippen LogP contribution in [0.25, 0.3) is 0 Å². The number of alkyl halides is 2. The summed E-state index contributed by atoms with van der Waals surface area (Å²) in [7, 11) is -2.15. The van der Waals surface area contributed by atoms with Crippen molar-refractivity contribution < 1.29 is 21.9 Å². The lowest BCUT2D eigenvalue weighted by Gasteiger charge is -2.19. The van der Waals surface area contributed by atoms with E-state index in [0.29, 0.717) is 11.1 Å². The molecule has 2 aromatic rings. The predicted molar refractivity (Wildman–Crippen MR) is 87.6 cm³/mol. The first-order valence-corrected chi connectivity index (χ1v) is 8.71. The molecule has 0 fully saturated rings. The molecule has 2 rings (SSSR count). The molecule has 0 bridgehead atoms. The summed E-state index contributed by atoms with van der Waals surface area (Å²) in [4.78, 5) is 0.258. The third-order valence-electron chi connectivity index (χ3n) is 3.57. The zero-order chi connectivity index (χ0) is 17.9. The normalized spacial score (nSPS) is 12.0. The number of benzene rings is 2. The van der Waals surface area contributed by atoms with Crippen LogP contribution in [-0.4, -0.2) is 26.4 Å². The molecule has 0 amide bonds. The average molecular weight is 355 g/mol. The maximum atomic E-state index is 12.7. The Morgan fingerprint density at radius 1 is 1.08 bits per heavy atom. The quantitative estimate of drug-likeness (QED) is 0.793. The van der Waals surface area contributed by atoms with Gasteiger partial charge in [0.25, 0.3) is 0 Å². The van der Waals surface area contributed by atoms with E-state index in [2.05, 4.69) is 4.74 Å². The van der Waals surface area contributed by atoms with Crippen LogP contribution in [0.2, 0.25) is 0 Å². The number of hydrogen-bond donors (Lipinski definition) is 0. The van der Waals surface area contributed by atoms with Crippen molar-refractivity contribution in [2.24, 2.45) is 0 Å². The molecule has 0 unspecified atom stereocenters. The second-order valence-electron chi connectivity index (χ2n) is 5.55. The van der Waals surface area contributed by atoms with Crippen LogP contribution in [0.4, 0.5) is 8.78 Å². The zero-order valence-electron chi connectivity index (χ0n) is 13.7. The van der Waals surface area contributed by atoms with Crippen LogP contribution in [0.5, 0.6) is 5.75 Å². The lowest BCUT2D eigenvalue weighted by molar-refractivity contribution is -0.0498. The lowest BCUT2D eigenvalue weighted by atomic mass is 10.2. The molecular weight excluding hydrogens is 336 g/mol. The summed E-state index contributed by atoms with van der Waals surface area (Å²) in [5.41, 5.74) is 2.35. The molecule has 0 aromatic heterocycles. The molecule has 0 saturated heterocycles. The van der Waals surface area contributed by atoms with E-state index in [1.54, 1.807) is 31.2 Å². The van der Waals surface area contributed by atoms with E-state index in [4.69, 9.17) is 0 Å². The summed E-state index contributed by atoms with van der Waals surface area (Å²) in [5.74, 6) is 0.0358. The van der Waals surface area contributed by atoms with E-state index in [-0.39, 0.29) is 17.2 Å². The van der Waals surface area contributed by atoms with Gasteiger partial charge in [-0.05, 0) is 43.2 Å². The van der Waals surface area contributed by atoms with E-state index < -0.39 is 16.6 Å². The average Bonchev–Trinajstić information content (AvgIpc) is 2.48. The molecule has 0 aliphatic rings. The number of hydrogen-bond acceptors (Lipinski definition) is 3. The van der Waals surface area contributed by atoms with Crippen molar-refractivity contribution in [3.05, 3.63) is 59.2 Å². The minimum atomic E-state index is -3.63. The summed E-state index contributed by atoms with van der Waals surface area (Å²) in [6.45, 7) is 0.897. The number of halogens is 2. The largest absolute Gasteiger partial charge is 0.435 e. The third kappa shape index (κ3) is 4.30. The summed E-state index contributed by atoms with van der Waals surface area (Å²) < 4.78 is 55.1. The fourth-order valence-corrected chi connectivity index (χ4v) is 3.74. The minimum Gasteiger partial charge on any atom is -0.435 e. The van der Waals surface area contributed by atoms with Crippen LogP contribution in [0.15, 0.2) is 47.4 Å². The van der Waals surface area contributed by atoms with Gasteiger partial charge in [-0.2, -0.15) is 13.1 Å². The van der Waals surface area contributed by atoms with Crippen LogP contribution in [-0.2, 0) is 16.6 Å². The van der Waals surface area contributed by atoms with E-state index in [1.165, 1.54) is 23.5 Å². The maximum absolute atomic E-state index is 12.7. The molecule has 0 heterocycles. The van der Waals surface area contributed by atoms with Crippen molar-refractivity contribution >= 4 is 10.0 Å². The van der Waals surface area contributed by atoms with Gasteiger partial charge >= 0.3 is 6.61 Å². The van der Waals surface area contributed by atoms with Crippen LogP contribution >= 0.6 is 0 Å². The SMILES string of the molecule is Cc1ccc(S(=O)(=O)N(C)Cc2ccc(OC(F)F)cc2)c(C)c1. The van der Waals surface area contributed by atoms with Crippen molar-refractivity contribution in [2.75, 3.05) is 7.05 Å². The summed E-state index contributed by atoms with van der Waals surface area (Å²) in [5, 5.41) is 0. The number of aryl methyl sites for hydroxylation is 2. The fraction of sp³-hybridized carbons (Fsp3) is 0.294. The standard InChI is InChI=1S/C17H19F2NO3S/c1-12-4-9-16(13(2)10-12)24(21,22)20(3)11-14-5-7-15(8-6-14)23-17(18)19/h4-10,17H,11H2,1-3H3. The molecule has 24 heavy (non-hydrogen) atoms. The smallest absolute Gasteiger partial charge is 0.387 e. The van der Waals surface area contributed by atoms with Gasteiger partial charge in [0.15, 0.2) is 0 Å². The molecule has 130 valence electrons. The van der Waals surface area contributed by atoms with Crippen LogP contribution in [0.1, 0.15) is 16.7 Å². The Balaban J connectivity index is 2.17. The molecule has 0 N–H and O–H groups in total. The number of rotatable bonds is 6. The lowest BCUT2D eigenvalue weighted by Crippen LogP contribution is -2.27. The highest BCUT2D eigenvalue weighted by Gasteiger charge is 2.22. The van der Waals surface area contributed by atoms with Gasteiger partial charge in [0.05, 0.1) is 4.90 Å². The molecule has 0 aliphatic carbocycles. The summed E-state index contributed by atoms with van der Waals surface area (Å²) in [6.07, 6.45) is 0. The van der Waals surface area contributed by atoms with Gasteiger partial charge in [0, 0.05) is 13.6 Å². The Hall–Kier alpha value is -1.99. The summed E-state index contributed by atoms with van der Waals surface area (Å²) in [6, 6.07) is 11.1. The molecule has 2 aromatic carbocycles. The molecule has 0 aliphatic heterocycles. The molecule has 0 radical (unpaired) electrons. The zero-order valence-corrected chi connectivity index (χ0v) is 14.5. The monoisotopic (exact) mass is 355 g/mol. The Morgan fingerprint density at radius 3 is 2.25 bits per heavy atom. The number of sulfonamides is 1. The Bertz CT molecular complexity index is 805. The highest BCUT2D eigenvalue weighted by atomic mass is 32.2. The Morgan fingerprint density at radius 2 is 1.71 bits per heavy atom. The Kier molecular flexibility index (Phi) is 5.56. The van der Waals surface area contributed by atoms with Crippen molar-refractivity contribution in [3.63, 3.8) is 0 Å². The Labute approximate surface area is 140 Å². The summed E-state index contributed by atoms with van der Waals surface area (Å²) >= 11 is 0. The first kappa shape index (κ1) is 18.4. The van der Waals surface area contributed by atoms with E-state index in [9.17, 15) is 17.2 Å². The maximum Gasteiger partial charge on any atom is 0.387 e. The third-order valence-corrected chi connectivity index (χ3v) is 5.54. The van der Waals surface area contributed by atoms with Gasteiger partial charge in [-0.25, -0.2) is 8.42 Å². The molecule has 0 saturated carbocycles. The van der Waals surface area contributed by atoms with Gasteiger partial charge in [-0.1, -0.05) is 29.8 Å². The molecular formula is C17H19F2NO3S. The van der Waals surface area contributed by atoms with Crippen LogP contribution in [0, 0.1) is 13.8 Å². The highest BCUT2D eigenvalue weighted by molar-refractivity contribution is 7.89. The van der Waals surface area contributed by atoms with Crippen molar-refractivity contribution in [2.45, 2.75) is 31.9 Å². The van der Waals surface area contributed by atoms with Gasteiger partial charge in [0.1, 0.15) is 5.75 Å². The first-order valence-electron chi connectivity index (χ1n) is 7.27. The van der Waals surface area contributed by atoms with Crippen molar-refractivity contribution in [1.29, 1.82) is 0 Å². The second kappa shape index (κ2) is 7.27. The predicted octanol–water partition coefficient (Wildman–Crippen LogP) is 3.73.